The van der Waals surface area contributed by atoms with Crippen molar-refractivity contribution in [1.82, 2.24) is 14.9 Å². The van der Waals surface area contributed by atoms with Crippen molar-refractivity contribution in [3.8, 4) is 6.01 Å². The Hall–Kier alpha value is -2.99. The Labute approximate surface area is 248 Å². The fourth-order valence-electron chi connectivity index (χ4n) is 7.71. The first-order chi connectivity index (χ1) is 20.5. The third-order valence-corrected chi connectivity index (χ3v) is 9.61. The molecule has 1 aromatic carbocycles. The third kappa shape index (κ3) is 6.18. The summed E-state index contributed by atoms with van der Waals surface area (Å²) in [6, 6.07) is 3.38. The molecule has 1 aliphatic carbocycles. The lowest BCUT2D eigenvalue weighted by atomic mass is 9.91. The van der Waals surface area contributed by atoms with Crippen molar-refractivity contribution in [2.45, 2.75) is 76.8 Å². The number of aromatic nitrogens is 2. The van der Waals surface area contributed by atoms with E-state index >= 15 is 0 Å². The number of piperidine rings is 1. The van der Waals surface area contributed by atoms with Crippen LogP contribution in [0.2, 0.25) is 0 Å². The number of benzene rings is 1. The molecule has 1 aromatic heterocycles. The summed E-state index contributed by atoms with van der Waals surface area (Å²) < 4.78 is 77.1. The molecule has 12 heteroatoms. The first-order valence-electron chi connectivity index (χ1n) is 15.0. The summed E-state index contributed by atoms with van der Waals surface area (Å²) in [7, 11) is 1.51. The van der Waals surface area contributed by atoms with E-state index < -0.39 is 23.9 Å². The number of hydrogen-bond acceptors (Lipinski definition) is 7. The van der Waals surface area contributed by atoms with E-state index in [0.29, 0.717) is 42.1 Å². The molecule has 234 valence electrons. The molecule has 4 unspecified atom stereocenters. The molecule has 0 amide bonds. The molecule has 0 radical (unpaired) electrons. The number of anilines is 2. The molecule has 1 saturated carbocycles. The van der Waals surface area contributed by atoms with Crippen LogP contribution in [0, 0.1) is 18.8 Å². The number of methoxy groups -OCH3 is 1. The van der Waals surface area contributed by atoms with Crippen molar-refractivity contribution in [3.63, 3.8) is 0 Å². The monoisotopic (exact) mass is 607 g/mol. The molecule has 4 aliphatic heterocycles. The second-order valence-electron chi connectivity index (χ2n) is 12.5. The maximum atomic E-state index is 13.8. The molecule has 5 heterocycles. The largest absolute Gasteiger partial charge is 0.467 e. The topological polar surface area (TPSA) is 76.7 Å². The smallest absolute Gasteiger partial charge is 0.417 e. The van der Waals surface area contributed by atoms with E-state index in [-0.39, 0.29) is 35.9 Å². The number of rotatable bonds is 3. The summed E-state index contributed by atoms with van der Waals surface area (Å²) >= 11 is 0. The molecule has 5 aliphatic rings. The van der Waals surface area contributed by atoms with Crippen LogP contribution < -0.4 is 15.4 Å². The van der Waals surface area contributed by atoms with Gasteiger partial charge in [0.25, 0.3) is 6.08 Å². The highest BCUT2D eigenvalue weighted by Crippen LogP contribution is 2.44. The van der Waals surface area contributed by atoms with Crippen molar-refractivity contribution < 1.29 is 31.4 Å². The molecule has 2 aromatic rings. The van der Waals surface area contributed by atoms with Crippen LogP contribution in [-0.2, 0) is 23.9 Å². The summed E-state index contributed by atoms with van der Waals surface area (Å²) in [5, 5.41) is 0. The molecule has 0 spiro atoms. The van der Waals surface area contributed by atoms with Crippen LogP contribution in [0.15, 0.2) is 23.8 Å². The Morgan fingerprint density at radius 2 is 1.81 bits per heavy atom. The zero-order chi connectivity index (χ0) is 30.5. The highest BCUT2D eigenvalue weighted by Gasteiger charge is 2.40. The van der Waals surface area contributed by atoms with Crippen LogP contribution >= 0.6 is 0 Å². The van der Waals surface area contributed by atoms with Crippen molar-refractivity contribution in [1.29, 1.82) is 0 Å². The van der Waals surface area contributed by atoms with E-state index in [0.717, 1.165) is 37.4 Å². The average Bonchev–Trinajstić information content (AvgIpc) is 3.66. The lowest BCUT2D eigenvalue weighted by Crippen LogP contribution is -2.38. The van der Waals surface area contributed by atoms with Gasteiger partial charge in [0.15, 0.2) is 0 Å². The van der Waals surface area contributed by atoms with Crippen molar-refractivity contribution in [2.24, 2.45) is 11.8 Å². The van der Waals surface area contributed by atoms with Crippen LogP contribution in [0.25, 0.3) is 0 Å². The molecule has 4 atom stereocenters. The lowest BCUT2D eigenvalue weighted by Gasteiger charge is -2.36. The Bertz CT molecular complexity index is 1370. The van der Waals surface area contributed by atoms with E-state index in [1.807, 2.05) is 0 Å². The fourth-order valence-corrected chi connectivity index (χ4v) is 7.71. The van der Waals surface area contributed by atoms with E-state index in [9.17, 15) is 22.0 Å². The molecule has 43 heavy (non-hydrogen) atoms. The van der Waals surface area contributed by atoms with E-state index in [1.165, 1.54) is 51.8 Å². The Morgan fingerprint density at radius 1 is 1.07 bits per heavy atom. The number of hydrogen-bond donors (Lipinski definition) is 1. The third-order valence-electron chi connectivity index (χ3n) is 9.61. The standard InChI is InChI=1S/C23H27F3N4O2.C8H11F2N/c1-12-5-15(27)7-16(20(12)23(24,25)26)19-8-18-17(11-32-19)21(29-22(28-18)31-2)30-9-13-3-4-14(6-13)10-30;9-8(10)6-4-7-2-1-3-11(7)5-6/h5,7,13-14,19H,3-4,6,8-11,27H2,1-2H3;7H,1-5H2. The second-order valence-corrected chi connectivity index (χ2v) is 12.5. The van der Waals surface area contributed by atoms with Gasteiger partial charge in [0, 0.05) is 48.9 Å². The van der Waals surface area contributed by atoms with Gasteiger partial charge in [-0.15, -0.1) is 0 Å². The maximum absolute atomic E-state index is 13.8. The second kappa shape index (κ2) is 11.8. The van der Waals surface area contributed by atoms with Crippen LogP contribution in [-0.4, -0.2) is 54.2 Å². The van der Waals surface area contributed by atoms with Crippen molar-refractivity contribution >= 4 is 11.5 Å². The molecule has 2 bridgehead atoms. The van der Waals surface area contributed by atoms with Gasteiger partial charge in [0.2, 0.25) is 0 Å². The number of halogens is 5. The van der Waals surface area contributed by atoms with Gasteiger partial charge >= 0.3 is 12.2 Å². The zero-order valence-corrected chi connectivity index (χ0v) is 24.5. The predicted molar refractivity (Wildman–Crippen MR) is 152 cm³/mol. The SMILES string of the molecule is COc1nc2c(c(N3CC4CCC(C4)C3)n1)COC(c1cc(N)cc(C)c1C(F)(F)F)C2.FC(F)=C1CC2CCCN2C1. The first kappa shape index (κ1) is 30.1. The van der Waals surface area contributed by atoms with E-state index in [4.69, 9.17) is 15.2 Å². The maximum Gasteiger partial charge on any atom is 0.417 e. The van der Waals surface area contributed by atoms with E-state index in [2.05, 4.69) is 19.8 Å². The Balaban J connectivity index is 0.000000250. The quantitative estimate of drug-likeness (QED) is 0.318. The van der Waals surface area contributed by atoms with Gasteiger partial charge in [0.05, 0.1) is 31.1 Å². The minimum absolute atomic E-state index is 0.0517. The van der Waals surface area contributed by atoms with Gasteiger partial charge in [-0.2, -0.15) is 31.9 Å². The molecular weight excluding hydrogens is 569 g/mol. The molecule has 3 saturated heterocycles. The number of ether oxygens (including phenoxy) is 2. The Morgan fingerprint density at radius 3 is 2.47 bits per heavy atom. The number of alkyl halides is 3. The van der Waals surface area contributed by atoms with Gasteiger partial charge in [-0.1, -0.05) is 0 Å². The van der Waals surface area contributed by atoms with Crippen LogP contribution in [0.5, 0.6) is 6.01 Å². The molecular formula is C31H38F5N5O2. The molecule has 2 N–H and O–H groups in total. The van der Waals surface area contributed by atoms with Crippen LogP contribution in [0.4, 0.5) is 33.5 Å². The van der Waals surface area contributed by atoms with Gasteiger partial charge in [-0.25, -0.2) is 0 Å². The molecule has 7 rings (SSSR count). The highest BCUT2D eigenvalue weighted by atomic mass is 19.4. The Kier molecular flexibility index (Phi) is 8.27. The van der Waals surface area contributed by atoms with Gasteiger partial charge in [-0.3, -0.25) is 4.90 Å². The zero-order valence-electron chi connectivity index (χ0n) is 24.5. The van der Waals surface area contributed by atoms with Crippen LogP contribution in [0.3, 0.4) is 0 Å². The number of nitrogens with two attached hydrogens (primary N) is 1. The first-order valence-corrected chi connectivity index (χ1v) is 15.0. The predicted octanol–water partition coefficient (Wildman–Crippen LogP) is 6.45. The molecule has 7 nitrogen and oxygen atoms in total. The number of nitrogen functional groups attached to an aromatic ring is 1. The van der Waals surface area contributed by atoms with Crippen molar-refractivity contribution in [2.75, 3.05) is 43.9 Å². The fraction of sp³-hybridized carbons (Fsp3) is 0.613. The lowest BCUT2D eigenvalue weighted by molar-refractivity contribution is -0.140. The summed E-state index contributed by atoms with van der Waals surface area (Å²) in [6.07, 6.45) is 0.0926. The van der Waals surface area contributed by atoms with Gasteiger partial charge in [-0.05, 0) is 87.1 Å². The minimum atomic E-state index is -4.50. The van der Waals surface area contributed by atoms with Crippen molar-refractivity contribution in [3.05, 3.63) is 51.7 Å². The number of nitrogens with zero attached hydrogens (tertiary/aromatic N) is 4. The van der Waals surface area contributed by atoms with Gasteiger partial charge < -0.3 is 20.1 Å². The van der Waals surface area contributed by atoms with Gasteiger partial charge in [0.1, 0.15) is 5.82 Å². The van der Waals surface area contributed by atoms with E-state index in [1.54, 1.807) is 0 Å². The summed E-state index contributed by atoms with van der Waals surface area (Å²) in [4.78, 5) is 13.6. The van der Waals surface area contributed by atoms with Crippen LogP contribution in [0.1, 0.15) is 72.6 Å². The minimum Gasteiger partial charge on any atom is -0.467 e. The summed E-state index contributed by atoms with van der Waals surface area (Å²) in [6.45, 7) is 4.97. The number of aryl methyl sites for hydroxylation is 1. The number of fused-ring (bicyclic) bond motifs is 4. The summed E-state index contributed by atoms with van der Waals surface area (Å²) in [5.74, 6) is 2.11. The average molecular weight is 608 g/mol. The summed E-state index contributed by atoms with van der Waals surface area (Å²) in [5.41, 5.74) is 7.52. The highest BCUT2D eigenvalue weighted by molar-refractivity contribution is 5.54. The normalized spacial score (nSPS) is 26.6. The molecule has 4 fully saturated rings.